The van der Waals surface area contributed by atoms with Gasteiger partial charge in [0.25, 0.3) is 0 Å². The molecule has 0 saturated carbocycles. The quantitative estimate of drug-likeness (QED) is 0.289. The first kappa shape index (κ1) is 19.9. The number of amides is 2. The smallest absolute Gasteiger partial charge is 0.230 e. The minimum atomic E-state index is -0.141. The second kappa shape index (κ2) is 12.3. The van der Waals surface area contributed by atoms with Gasteiger partial charge in [-0.2, -0.15) is 0 Å². The molecule has 0 aromatic rings. The van der Waals surface area contributed by atoms with Crippen LogP contribution >= 0.6 is 0 Å². The third-order valence-electron chi connectivity index (χ3n) is 4.75. The van der Waals surface area contributed by atoms with Gasteiger partial charge in [0.2, 0.25) is 11.8 Å². The van der Waals surface area contributed by atoms with Gasteiger partial charge in [-0.3, -0.25) is 14.9 Å². The van der Waals surface area contributed by atoms with Gasteiger partial charge < -0.3 is 0 Å². The van der Waals surface area contributed by atoms with Crippen LogP contribution in [-0.2, 0) is 9.59 Å². The SMILES string of the molecule is CCCCCCCCCC/C=C/C(CCC)C1CC(=O)NC1=O. The minimum absolute atomic E-state index is 0.0785. The summed E-state index contributed by atoms with van der Waals surface area (Å²) >= 11 is 0. The number of carbonyl (C=O) groups excluding carboxylic acids is 2. The molecule has 1 saturated heterocycles. The largest absolute Gasteiger partial charge is 0.296 e. The van der Waals surface area contributed by atoms with E-state index in [1.807, 2.05) is 0 Å². The van der Waals surface area contributed by atoms with E-state index in [0.29, 0.717) is 6.42 Å². The van der Waals surface area contributed by atoms with Crippen LogP contribution in [-0.4, -0.2) is 11.8 Å². The number of hydrogen-bond donors (Lipinski definition) is 1. The van der Waals surface area contributed by atoms with Crippen molar-refractivity contribution in [1.82, 2.24) is 5.32 Å². The van der Waals surface area contributed by atoms with E-state index in [4.69, 9.17) is 0 Å². The summed E-state index contributed by atoms with van der Waals surface area (Å²) in [4.78, 5) is 23.2. The first-order valence-electron chi connectivity index (χ1n) is 9.69. The maximum Gasteiger partial charge on any atom is 0.230 e. The summed E-state index contributed by atoms with van der Waals surface area (Å²) in [5.41, 5.74) is 0. The molecule has 23 heavy (non-hydrogen) atoms. The predicted octanol–water partition coefficient (Wildman–Crippen LogP) is 5.15. The number of carbonyl (C=O) groups is 2. The molecule has 1 aliphatic rings. The molecule has 2 atom stereocenters. The molecular formula is C20H35NO2. The van der Waals surface area contributed by atoms with Crippen molar-refractivity contribution >= 4 is 11.8 Å². The van der Waals surface area contributed by atoms with Crippen molar-refractivity contribution in [3.63, 3.8) is 0 Å². The van der Waals surface area contributed by atoms with E-state index in [2.05, 4.69) is 31.3 Å². The maximum absolute atomic E-state index is 11.8. The lowest BCUT2D eigenvalue weighted by Crippen LogP contribution is -2.25. The third-order valence-corrected chi connectivity index (χ3v) is 4.75. The summed E-state index contributed by atoms with van der Waals surface area (Å²) in [5, 5.41) is 2.43. The van der Waals surface area contributed by atoms with E-state index < -0.39 is 0 Å². The van der Waals surface area contributed by atoms with Crippen LogP contribution in [0.15, 0.2) is 12.2 Å². The molecule has 3 heteroatoms. The van der Waals surface area contributed by atoms with Gasteiger partial charge in [0, 0.05) is 6.42 Å². The zero-order valence-corrected chi connectivity index (χ0v) is 15.1. The second-order valence-electron chi connectivity index (χ2n) is 6.87. The molecule has 2 amide bonds. The van der Waals surface area contributed by atoms with E-state index in [1.54, 1.807) is 0 Å². The molecule has 0 aliphatic carbocycles. The topological polar surface area (TPSA) is 46.2 Å². The Morgan fingerprint density at radius 2 is 1.65 bits per heavy atom. The molecule has 1 heterocycles. The highest BCUT2D eigenvalue weighted by molar-refractivity contribution is 6.03. The first-order chi connectivity index (χ1) is 11.2. The van der Waals surface area contributed by atoms with Crippen LogP contribution in [0.5, 0.6) is 0 Å². The molecule has 0 aromatic heterocycles. The van der Waals surface area contributed by atoms with Crippen molar-refractivity contribution in [2.75, 3.05) is 0 Å². The summed E-state index contributed by atoms with van der Waals surface area (Å²) in [6.07, 6.45) is 18.6. The Kier molecular flexibility index (Phi) is 10.7. The van der Waals surface area contributed by atoms with Crippen LogP contribution < -0.4 is 5.32 Å². The Balaban J connectivity index is 2.17. The highest BCUT2D eigenvalue weighted by Gasteiger charge is 2.34. The monoisotopic (exact) mass is 321 g/mol. The predicted molar refractivity (Wildman–Crippen MR) is 96.0 cm³/mol. The summed E-state index contributed by atoms with van der Waals surface area (Å²) in [5.74, 6) is -0.111. The van der Waals surface area contributed by atoms with Gasteiger partial charge in [-0.1, -0.05) is 77.4 Å². The van der Waals surface area contributed by atoms with E-state index >= 15 is 0 Å². The van der Waals surface area contributed by atoms with Gasteiger partial charge in [-0.15, -0.1) is 0 Å². The third kappa shape index (κ3) is 8.34. The number of rotatable bonds is 13. The van der Waals surface area contributed by atoms with E-state index in [0.717, 1.165) is 19.3 Å². The van der Waals surface area contributed by atoms with Crippen LogP contribution in [0.25, 0.3) is 0 Å². The van der Waals surface area contributed by atoms with Crippen molar-refractivity contribution in [3.05, 3.63) is 12.2 Å². The lowest BCUT2D eigenvalue weighted by molar-refractivity contribution is -0.126. The average Bonchev–Trinajstić information content (AvgIpc) is 2.86. The molecular weight excluding hydrogens is 286 g/mol. The average molecular weight is 322 g/mol. The fourth-order valence-corrected chi connectivity index (χ4v) is 3.35. The van der Waals surface area contributed by atoms with E-state index in [-0.39, 0.29) is 23.7 Å². The highest BCUT2D eigenvalue weighted by Crippen LogP contribution is 2.26. The first-order valence-corrected chi connectivity index (χ1v) is 9.69. The van der Waals surface area contributed by atoms with Crippen LogP contribution in [0.4, 0.5) is 0 Å². The van der Waals surface area contributed by atoms with Gasteiger partial charge in [-0.25, -0.2) is 0 Å². The normalized spacial score (nSPS) is 19.5. The fourth-order valence-electron chi connectivity index (χ4n) is 3.35. The number of nitrogens with one attached hydrogen (secondary N) is 1. The van der Waals surface area contributed by atoms with Crippen molar-refractivity contribution in [3.8, 4) is 0 Å². The number of hydrogen-bond acceptors (Lipinski definition) is 2. The zero-order chi connectivity index (χ0) is 16.9. The Morgan fingerprint density at radius 3 is 2.22 bits per heavy atom. The zero-order valence-electron chi connectivity index (χ0n) is 15.1. The Bertz CT molecular complexity index is 376. The lowest BCUT2D eigenvalue weighted by atomic mass is 9.86. The molecule has 0 aromatic carbocycles. The number of allylic oxidation sites excluding steroid dienone is 2. The molecule has 1 N–H and O–H groups in total. The highest BCUT2D eigenvalue weighted by atomic mass is 16.2. The van der Waals surface area contributed by atoms with Gasteiger partial charge >= 0.3 is 0 Å². The van der Waals surface area contributed by atoms with Crippen LogP contribution in [0.2, 0.25) is 0 Å². The van der Waals surface area contributed by atoms with E-state index in [1.165, 1.54) is 51.4 Å². The molecule has 0 bridgehead atoms. The fraction of sp³-hybridized carbons (Fsp3) is 0.800. The Labute approximate surface area is 142 Å². The summed E-state index contributed by atoms with van der Waals surface area (Å²) in [7, 11) is 0. The van der Waals surface area contributed by atoms with Crippen LogP contribution in [0.1, 0.15) is 90.9 Å². The van der Waals surface area contributed by atoms with Crippen molar-refractivity contribution in [1.29, 1.82) is 0 Å². The van der Waals surface area contributed by atoms with Gasteiger partial charge in [-0.05, 0) is 25.2 Å². The molecule has 1 aliphatic heterocycles. The minimum Gasteiger partial charge on any atom is -0.296 e. The molecule has 1 fully saturated rings. The molecule has 0 spiro atoms. The van der Waals surface area contributed by atoms with Crippen molar-refractivity contribution in [2.24, 2.45) is 11.8 Å². The Hall–Kier alpha value is -1.12. The molecule has 1 rings (SSSR count). The summed E-state index contributed by atoms with van der Waals surface area (Å²) < 4.78 is 0. The van der Waals surface area contributed by atoms with Gasteiger partial charge in [0.1, 0.15) is 0 Å². The Morgan fingerprint density at radius 1 is 1.00 bits per heavy atom. The van der Waals surface area contributed by atoms with Crippen molar-refractivity contribution < 1.29 is 9.59 Å². The lowest BCUT2D eigenvalue weighted by Gasteiger charge is -2.16. The standard InChI is InChI=1S/C20H35NO2/c1-3-5-6-7-8-9-10-11-12-13-15-17(14-4-2)18-16-19(22)21-20(18)23/h13,15,17-18H,3-12,14,16H2,1-2H3,(H,21,22,23)/b15-13+. The number of imide groups is 1. The number of unbranched alkanes of at least 4 members (excludes halogenated alkanes) is 8. The molecule has 132 valence electrons. The van der Waals surface area contributed by atoms with Crippen molar-refractivity contribution in [2.45, 2.75) is 90.9 Å². The summed E-state index contributed by atoms with van der Waals surface area (Å²) in [6, 6.07) is 0. The van der Waals surface area contributed by atoms with Gasteiger partial charge in [0.05, 0.1) is 5.92 Å². The maximum atomic E-state index is 11.8. The second-order valence-corrected chi connectivity index (χ2v) is 6.87. The van der Waals surface area contributed by atoms with Crippen LogP contribution in [0.3, 0.4) is 0 Å². The molecule has 3 nitrogen and oxygen atoms in total. The van der Waals surface area contributed by atoms with Crippen LogP contribution in [0, 0.1) is 11.8 Å². The van der Waals surface area contributed by atoms with E-state index in [9.17, 15) is 9.59 Å². The summed E-state index contributed by atoms with van der Waals surface area (Å²) in [6.45, 7) is 4.39. The molecule has 0 radical (unpaired) electrons. The van der Waals surface area contributed by atoms with Gasteiger partial charge in [0.15, 0.2) is 0 Å². The molecule has 2 unspecified atom stereocenters.